The molecule has 1 saturated carbocycles. The zero-order valence-electron chi connectivity index (χ0n) is 7.33. The second-order valence-electron chi connectivity index (χ2n) is 3.28. The van der Waals surface area contributed by atoms with Crippen molar-refractivity contribution in [1.29, 1.82) is 0 Å². The minimum atomic E-state index is -0.00413. The standard InChI is InChI=1S/C11H11Cl.C/c12-11(8-9-11)7-6-10-4-2-1-3-5-10;/h1-7H,8-9H2;. The normalized spacial score (nSPS) is 18.2. The van der Waals surface area contributed by atoms with Gasteiger partial charge in [0.15, 0.2) is 0 Å². The van der Waals surface area contributed by atoms with Gasteiger partial charge in [-0.1, -0.05) is 42.5 Å². The molecule has 4 radical (unpaired) electrons. The Morgan fingerprint density at radius 3 is 2.31 bits per heavy atom. The van der Waals surface area contributed by atoms with E-state index in [1.54, 1.807) is 0 Å². The summed E-state index contributed by atoms with van der Waals surface area (Å²) in [5.41, 5.74) is 1.23. The van der Waals surface area contributed by atoms with Crippen LogP contribution in [-0.2, 0) is 0 Å². The van der Waals surface area contributed by atoms with Crippen molar-refractivity contribution in [1.82, 2.24) is 0 Å². The first kappa shape index (κ1) is 10.3. The topological polar surface area (TPSA) is 0 Å². The van der Waals surface area contributed by atoms with Gasteiger partial charge in [-0.25, -0.2) is 0 Å². The molecule has 0 aliphatic heterocycles. The van der Waals surface area contributed by atoms with E-state index < -0.39 is 0 Å². The van der Waals surface area contributed by atoms with Gasteiger partial charge in [0.2, 0.25) is 0 Å². The fourth-order valence-electron chi connectivity index (χ4n) is 1.10. The van der Waals surface area contributed by atoms with E-state index in [9.17, 15) is 0 Å². The van der Waals surface area contributed by atoms with Crippen molar-refractivity contribution in [2.24, 2.45) is 0 Å². The molecule has 1 fully saturated rings. The van der Waals surface area contributed by atoms with Crippen molar-refractivity contribution in [3.8, 4) is 0 Å². The summed E-state index contributed by atoms with van der Waals surface area (Å²) >= 11 is 6.11. The van der Waals surface area contributed by atoms with Gasteiger partial charge in [-0.15, -0.1) is 11.6 Å². The van der Waals surface area contributed by atoms with Crippen LogP contribution in [-0.4, -0.2) is 4.87 Å². The Morgan fingerprint density at radius 1 is 1.15 bits per heavy atom. The van der Waals surface area contributed by atoms with Crippen LogP contribution in [0, 0.1) is 7.43 Å². The van der Waals surface area contributed by atoms with Gasteiger partial charge < -0.3 is 0 Å². The van der Waals surface area contributed by atoms with Gasteiger partial charge in [0.25, 0.3) is 0 Å². The number of halogens is 1. The average molecular weight is 191 g/mol. The fourth-order valence-corrected chi connectivity index (χ4v) is 1.25. The highest BCUT2D eigenvalue weighted by Crippen LogP contribution is 2.44. The zero-order valence-corrected chi connectivity index (χ0v) is 8.09. The smallest absolute Gasteiger partial charge is 0.0630 e. The molecule has 13 heavy (non-hydrogen) atoms. The highest BCUT2D eigenvalue weighted by atomic mass is 35.5. The summed E-state index contributed by atoms with van der Waals surface area (Å²) in [7, 11) is 0. The van der Waals surface area contributed by atoms with Crippen LogP contribution in [0.1, 0.15) is 18.4 Å². The molecular weight excluding hydrogens is 180 g/mol. The molecule has 0 atom stereocenters. The molecule has 1 heteroatoms. The van der Waals surface area contributed by atoms with Crippen LogP contribution in [0.2, 0.25) is 0 Å². The van der Waals surface area contributed by atoms with Crippen molar-refractivity contribution >= 4 is 17.7 Å². The molecule has 0 heterocycles. The lowest BCUT2D eigenvalue weighted by molar-refractivity contribution is 1.19. The third-order valence-electron chi connectivity index (χ3n) is 2.10. The molecule has 0 spiro atoms. The van der Waals surface area contributed by atoms with Crippen molar-refractivity contribution in [3.63, 3.8) is 0 Å². The molecule has 0 N–H and O–H groups in total. The molecule has 66 valence electrons. The van der Waals surface area contributed by atoms with E-state index in [0.717, 1.165) is 12.8 Å². The highest BCUT2D eigenvalue weighted by Gasteiger charge is 2.37. The van der Waals surface area contributed by atoms with Gasteiger partial charge in [0.1, 0.15) is 0 Å². The Morgan fingerprint density at radius 2 is 1.77 bits per heavy atom. The molecule has 0 nitrogen and oxygen atoms in total. The molecular formula is C12H11Cl. The second-order valence-corrected chi connectivity index (χ2v) is 4.03. The summed E-state index contributed by atoms with van der Waals surface area (Å²) in [6.45, 7) is 0. The van der Waals surface area contributed by atoms with Crippen LogP contribution < -0.4 is 0 Å². The largest absolute Gasteiger partial charge is 0.115 e. The summed E-state index contributed by atoms with van der Waals surface area (Å²) in [5.74, 6) is 0. The lowest BCUT2D eigenvalue weighted by atomic mass is 10.2. The first-order valence-electron chi connectivity index (χ1n) is 4.22. The molecule has 0 aromatic heterocycles. The first-order chi connectivity index (χ1) is 5.79. The van der Waals surface area contributed by atoms with E-state index in [2.05, 4.69) is 24.3 Å². The lowest BCUT2D eigenvalue weighted by Crippen LogP contribution is -1.87. The summed E-state index contributed by atoms with van der Waals surface area (Å²) < 4.78 is 0. The van der Waals surface area contributed by atoms with E-state index in [-0.39, 0.29) is 12.3 Å². The molecule has 0 saturated heterocycles. The molecule has 2 rings (SSSR count). The van der Waals surface area contributed by atoms with Crippen LogP contribution in [0.15, 0.2) is 36.4 Å². The van der Waals surface area contributed by atoms with Crippen molar-refractivity contribution in [2.45, 2.75) is 17.7 Å². The van der Waals surface area contributed by atoms with Crippen LogP contribution in [0.4, 0.5) is 0 Å². The SMILES string of the molecule is ClC1(C=Cc2ccccc2)CC1.[C]. The maximum absolute atomic E-state index is 6.11. The van der Waals surface area contributed by atoms with Gasteiger partial charge in [0.05, 0.1) is 4.87 Å². The third-order valence-corrected chi connectivity index (χ3v) is 2.61. The van der Waals surface area contributed by atoms with Crippen molar-refractivity contribution in [3.05, 3.63) is 49.4 Å². The third kappa shape index (κ3) is 2.89. The fraction of sp³-hybridized carbons (Fsp3) is 0.250. The average Bonchev–Trinajstić information content (AvgIpc) is 2.84. The van der Waals surface area contributed by atoms with Gasteiger partial charge in [-0.3, -0.25) is 0 Å². The van der Waals surface area contributed by atoms with Gasteiger partial charge in [0, 0.05) is 7.43 Å². The number of hydrogen-bond donors (Lipinski definition) is 0. The maximum atomic E-state index is 6.11. The number of hydrogen-bond acceptors (Lipinski definition) is 0. The minimum absolute atomic E-state index is 0. The molecule has 1 aromatic carbocycles. The van der Waals surface area contributed by atoms with Crippen molar-refractivity contribution in [2.75, 3.05) is 0 Å². The second kappa shape index (κ2) is 3.97. The summed E-state index contributed by atoms with van der Waals surface area (Å²) in [5, 5.41) is 0. The Labute approximate surface area is 85.2 Å². The maximum Gasteiger partial charge on any atom is 0.0630 e. The Hall–Kier alpha value is -0.750. The highest BCUT2D eigenvalue weighted by molar-refractivity contribution is 6.27. The van der Waals surface area contributed by atoms with Crippen LogP contribution in [0.25, 0.3) is 6.08 Å². The van der Waals surface area contributed by atoms with Crippen LogP contribution >= 0.6 is 11.6 Å². The molecule has 1 aliphatic carbocycles. The van der Waals surface area contributed by atoms with Crippen LogP contribution in [0.5, 0.6) is 0 Å². The first-order valence-corrected chi connectivity index (χ1v) is 4.60. The van der Waals surface area contributed by atoms with E-state index >= 15 is 0 Å². The minimum Gasteiger partial charge on any atom is -0.115 e. The predicted octanol–water partition coefficient (Wildman–Crippen LogP) is 3.55. The molecule has 1 aromatic rings. The summed E-state index contributed by atoms with van der Waals surface area (Å²) in [6, 6.07) is 10.3. The molecule has 0 unspecified atom stereocenters. The summed E-state index contributed by atoms with van der Waals surface area (Å²) in [4.78, 5) is -0.00413. The summed E-state index contributed by atoms with van der Waals surface area (Å²) in [6.07, 6.45) is 6.44. The molecule has 0 bridgehead atoms. The lowest BCUT2D eigenvalue weighted by Gasteiger charge is -1.95. The van der Waals surface area contributed by atoms with Crippen molar-refractivity contribution < 1.29 is 0 Å². The number of rotatable bonds is 2. The zero-order chi connectivity index (χ0) is 8.44. The Balaban J connectivity index is 0.000000845. The quantitative estimate of drug-likeness (QED) is 0.626. The Bertz CT molecular complexity index is 283. The van der Waals surface area contributed by atoms with Gasteiger partial charge >= 0.3 is 0 Å². The monoisotopic (exact) mass is 190 g/mol. The molecule has 1 aliphatic rings. The van der Waals surface area contributed by atoms with Gasteiger partial charge in [-0.05, 0) is 18.4 Å². The Kier molecular flexibility index (Phi) is 3.16. The van der Waals surface area contributed by atoms with E-state index in [4.69, 9.17) is 11.6 Å². The van der Waals surface area contributed by atoms with Crippen LogP contribution in [0.3, 0.4) is 0 Å². The number of benzene rings is 1. The van der Waals surface area contributed by atoms with E-state index in [1.165, 1.54) is 5.56 Å². The van der Waals surface area contributed by atoms with E-state index in [0.29, 0.717) is 0 Å². The van der Waals surface area contributed by atoms with Gasteiger partial charge in [-0.2, -0.15) is 0 Å². The predicted molar refractivity (Wildman–Crippen MR) is 56.5 cm³/mol. The number of allylic oxidation sites excluding steroid dienone is 1. The molecule has 0 amide bonds. The van der Waals surface area contributed by atoms with E-state index in [1.807, 2.05) is 18.2 Å². The number of alkyl halides is 1.